The van der Waals surface area contributed by atoms with E-state index in [1.54, 1.807) is 22.2 Å². The number of rotatable bonds is 7. The first-order valence-corrected chi connectivity index (χ1v) is 7.09. The smallest absolute Gasteiger partial charge is 0.273 e. The van der Waals surface area contributed by atoms with Crippen molar-refractivity contribution in [3.05, 3.63) is 34.3 Å². The van der Waals surface area contributed by atoms with Crippen LogP contribution in [0, 0.1) is 0 Å². The van der Waals surface area contributed by atoms with Gasteiger partial charge in [-0.15, -0.1) is 28.8 Å². The van der Waals surface area contributed by atoms with Gasteiger partial charge in [-0.1, -0.05) is 18.2 Å². The van der Waals surface area contributed by atoms with Crippen LogP contribution in [-0.2, 0) is 6.54 Å². The van der Waals surface area contributed by atoms with Crippen molar-refractivity contribution in [2.45, 2.75) is 13.5 Å². The Balaban J connectivity index is 0.00000200. The molecule has 0 aliphatic rings. The highest BCUT2D eigenvalue weighted by Crippen LogP contribution is 2.09. The minimum absolute atomic E-state index is 0. The molecule has 0 fully saturated rings. The van der Waals surface area contributed by atoms with Crippen LogP contribution >= 0.6 is 23.7 Å². The molecule has 2 rings (SSSR count). The van der Waals surface area contributed by atoms with E-state index in [4.69, 9.17) is 0 Å². The zero-order valence-electron chi connectivity index (χ0n) is 11.2. The van der Waals surface area contributed by atoms with Gasteiger partial charge in [0, 0.05) is 18.0 Å². The molecule has 0 radical (unpaired) electrons. The number of halogens is 1. The van der Waals surface area contributed by atoms with Gasteiger partial charge in [0.1, 0.15) is 0 Å². The molecule has 0 aromatic carbocycles. The van der Waals surface area contributed by atoms with Crippen LogP contribution in [0.3, 0.4) is 0 Å². The molecular weight excluding hydrogens is 298 g/mol. The lowest BCUT2D eigenvalue weighted by Crippen LogP contribution is -2.31. The minimum atomic E-state index is -0.185. The van der Waals surface area contributed by atoms with Crippen LogP contribution in [0.25, 0.3) is 0 Å². The zero-order valence-corrected chi connectivity index (χ0v) is 12.8. The number of aromatic nitrogens is 3. The van der Waals surface area contributed by atoms with Gasteiger partial charge in [-0.05, 0) is 18.0 Å². The number of nitrogens with zero attached hydrogens (tertiary/aromatic N) is 3. The second-order valence-corrected chi connectivity index (χ2v) is 5.02. The Bertz CT molecular complexity index is 514. The van der Waals surface area contributed by atoms with Gasteiger partial charge < -0.3 is 10.6 Å². The number of amides is 1. The van der Waals surface area contributed by atoms with E-state index in [0.717, 1.165) is 13.1 Å². The predicted molar refractivity (Wildman–Crippen MR) is 81.6 cm³/mol. The van der Waals surface area contributed by atoms with Crippen molar-refractivity contribution in [3.63, 3.8) is 0 Å². The molecule has 0 spiro atoms. The third kappa shape index (κ3) is 4.92. The van der Waals surface area contributed by atoms with Crippen LogP contribution in [0.4, 0.5) is 0 Å². The summed E-state index contributed by atoms with van der Waals surface area (Å²) in [4.78, 5) is 13.0. The van der Waals surface area contributed by atoms with Crippen molar-refractivity contribution in [2.24, 2.45) is 0 Å². The molecule has 110 valence electrons. The average Bonchev–Trinajstić information content (AvgIpc) is 3.06. The van der Waals surface area contributed by atoms with Gasteiger partial charge in [0.2, 0.25) is 0 Å². The summed E-state index contributed by atoms with van der Waals surface area (Å²) in [6.07, 6.45) is 1.67. The standard InChI is InChI=1S/C12H17N5OS.ClH/c1-2-13-5-6-14-12(18)11-9-17(16-15-11)8-10-4-3-7-19-10;/h3-4,7,9,13H,2,5-6,8H2,1H3,(H,14,18);1H. The second-order valence-electron chi connectivity index (χ2n) is 3.99. The largest absolute Gasteiger partial charge is 0.349 e. The first-order valence-electron chi connectivity index (χ1n) is 6.21. The fourth-order valence-electron chi connectivity index (χ4n) is 1.57. The first-order chi connectivity index (χ1) is 9.29. The molecule has 0 bridgehead atoms. The summed E-state index contributed by atoms with van der Waals surface area (Å²) >= 11 is 1.66. The van der Waals surface area contributed by atoms with Crippen molar-refractivity contribution in [1.29, 1.82) is 0 Å². The SMILES string of the molecule is CCNCCNC(=O)c1cn(Cc2cccs2)nn1.Cl. The van der Waals surface area contributed by atoms with Gasteiger partial charge in [-0.25, -0.2) is 4.68 Å². The van der Waals surface area contributed by atoms with Crippen molar-refractivity contribution in [3.8, 4) is 0 Å². The molecule has 0 saturated carbocycles. The molecule has 2 aromatic rings. The predicted octanol–water partition coefficient (Wildman–Crippen LogP) is 1.15. The number of thiophene rings is 1. The quantitative estimate of drug-likeness (QED) is 0.752. The Morgan fingerprint density at radius 1 is 1.45 bits per heavy atom. The summed E-state index contributed by atoms with van der Waals surface area (Å²) in [5.74, 6) is -0.185. The highest BCUT2D eigenvalue weighted by atomic mass is 35.5. The molecule has 2 N–H and O–H groups in total. The van der Waals surface area contributed by atoms with Crippen molar-refractivity contribution in [1.82, 2.24) is 25.6 Å². The van der Waals surface area contributed by atoms with Crippen LogP contribution < -0.4 is 10.6 Å². The maximum atomic E-state index is 11.8. The molecule has 20 heavy (non-hydrogen) atoms. The lowest BCUT2D eigenvalue weighted by atomic mass is 10.4. The van der Waals surface area contributed by atoms with Gasteiger partial charge in [0.25, 0.3) is 5.91 Å². The maximum absolute atomic E-state index is 11.8. The van der Waals surface area contributed by atoms with Gasteiger partial charge in [-0.3, -0.25) is 4.79 Å². The van der Waals surface area contributed by atoms with Gasteiger partial charge in [0.15, 0.2) is 5.69 Å². The zero-order chi connectivity index (χ0) is 13.5. The van der Waals surface area contributed by atoms with Crippen molar-refractivity contribution in [2.75, 3.05) is 19.6 Å². The van der Waals surface area contributed by atoms with Crippen molar-refractivity contribution < 1.29 is 4.79 Å². The van der Waals surface area contributed by atoms with Crippen LogP contribution in [0.1, 0.15) is 22.3 Å². The molecule has 6 nitrogen and oxygen atoms in total. The Morgan fingerprint density at radius 2 is 2.30 bits per heavy atom. The van der Waals surface area contributed by atoms with Gasteiger partial charge in [-0.2, -0.15) is 0 Å². The van der Waals surface area contributed by atoms with Crippen LogP contribution in [0.5, 0.6) is 0 Å². The fraction of sp³-hybridized carbons (Fsp3) is 0.417. The Morgan fingerprint density at radius 3 is 3.00 bits per heavy atom. The number of carbonyl (C=O) groups excluding carboxylic acids is 1. The number of hydrogen-bond donors (Lipinski definition) is 2. The maximum Gasteiger partial charge on any atom is 0.273 e. The summed E-state index contributed by atoms with van der Waals surface area (Å²) < 4.78 is 1.67. The third-order valence-corrected chi connectivity index (χ3v) is 3.37. The van der Waals surface area contributed by atoms with E-state index in [-0.39, 0.29) is 18.3 Å². The Kier molecular flexibility index (Phi) is 7.21. The summed E-state index contributed by atoms with van der Waals surface area (Å²) in [6, 6.07) is 4.02. The Labute approximate surface area is 128 Å². The molecule has 2 aromatic heterocycles. The van der Waals surface area contributed by atoms with Crippen LogP contribution in [-0.4, -0.2) is 40.5 Å². The molecule has 0 aliphatic carbocycles. The number of hydrogen-bond acceptors (Lipinski definition) is 5. The highest BCUT2D eigenvalue weighted by Gasteiger charge is 2.10. The average molecular weight is 316 g/mol. The van der Waals surface area contributed by atoms with Crippen molar-refractivity contribution >= 4 is 29.7 Å². The molecule has 0 aliphatic heterocycles. The molecular formula is C12H18ClN5OS. The molecule has 0 saturated heterocycles. The van der Waals surface area contributed by atoms with Gasteiger partial charge in [0.05, 0.1) is 12.7 Å². The Hall–Kier alpha value is -1.44. The first kappa shape index (κ1) is 16.6. The number of carbonyl (C=O) groups is 1. The molecule has 0 unspecified atom stereocenters. The number of nitrogens with one attached hydrogen (secondary N) is 2. The molecule has 2 heterocycles. The minimum Gasteiger partial charge on any atom is -0.349 e. The fourth-order valence-corrected chi connectivity index (χ4v) is 2.27. The summed E-state index contributed by atoms with van der Waals surface area (Å²) in [5, 5.41) is 15.8. The van der Waals surface area contributed by atoms with E-state index in [1.165, 1.54) is 4.88 Å². The van der Waals surface area contributed by atoms with Gasteiger partial charge >= 0.3 is 0 Å². The molecule has 8 heteroatoms. The second kappa shape index (κ2) is 8.68. The number of likely N-dealkylation sites (N-methyl/N-ethyl adjacent to an activating group) is 1. The topological polar surface area (TPSA) is 71.8 Å². The van der Waals surface area contributed by atoms with E-state index < -0.39 is 0 Å². The summed E-state index contributed by atoms with van der Waals surface area (Å²) in [7, 11) is 0. The lowest BCUT2D eigenvalue weighted by molar-refractivity contribution is 0.0949. The van der Waals surface area contributed by atoms with E-state index in [2.05, 4.69) is 20.9 Å². The normalized spacial score (nSPS) is 10.1. The lowest BCUT2D eigenvalue weighted by Gasteiger charge is -2.02. The van der Waals surface area contributed by atoms with E-state index >= 15 is 0 Å². The van der Waals surface area contributed by atoms with Crippen LogP contribution in [0.15, 0.2) is 23.7 Å². The van der Waals surface area contributed by atoms with E-state index in [0.29, 0.717) is 18.8 Å². The molecule has 0 atom stereocenters. The third-order valence-electron chi connectivity index (χ3n) is 2.51. The molecule has 1 amide bonds. The van der Waals surface area contributed by atoms with Crippen LogP contribution in [0.2, 0.25) is 0 Å². The summed E-state index contributed by atoms with van der Waals surface area (Å²) in [5.41, 5.74) is 0.355. The highest BCUT2D eigenvalue weighted by molar-refractivity contribution is 7.09. The summed E-state index contributed by atoms with van der Waals surface area (Å²) in [6.45, 7) is 4.91. The van der Waals surface area contributed by atoms with E-state index in [9.17, 15) is 4.79 Å². The monoisotopic (exact) mass is 315 g/mol. The van der Waals surface area contributed by atoms with E-state index in [1.807, 2.05) is 24.4 Å².